The second kappa shape index (κ2) is 11.4. The van der Waals surface area contributed by atoms with Crippen molar-refractivity contribution in [3.05, 3.63) is 77.1 Å². The summed E-state index contributed by atoms with van der Waals surface area (Å²) in [6.45, 7) is -0.124. The highest BCUT2D eigenvalue weighted by molar-refractivity contribution is 6.33. The van der Waals surface area contributed by atoms with Crippen molar-refractivity contribution in [3.63, 3.8) is 0 Å². The van der Waals surface area contributed by atoms with Crippen LogP contribution in [0.4, 0.5) is 23.7 Å². The van der Waals surface area contributed by atoms with E-state index in [1.807, 2.05) is 0 Å². The van der Waals surface area contributed by atoms with E-state index in [2.05, 4.69) is 15.3 Å². The van der Waals surface area contributed by atoms with Gasteiger partial charge in [0.2, 0.25) is 5.88 Å². The van der Waals surface area contributed by atoms with Crippen LogP contribution >= 0.6 is 11.6 Å². The first-order valence-electron chi connectivity index (χ1n) is 11.1. The summed E-state index contributed by atoms with van der Waals surface area (Å²) in [6.07, 6.45) is -3.80. The van der Waals surface area contributed by atoms with Crippen molar-refractivity contribution in [1.29, 1.82) is 0 Å². The molecule has 1 heterocycles. The Balaban J connectivity index is 1.39. The molecular weight excluding hydrogens is 527 g/mol. The number of carbonyl (C=O) groups is 1. The van der Waals surface area contributed by atoms with Crippen LogP contribution in [-0.2, 0) is 17.3 Å². The Hall–Kier alpha value is -4.25. The van der Waals surface area contributed by atoms with Crippen LogP contribution < -0.4 is 19.5 Å². The molecule has 3 aromatic carbocycles. The van der Waals surface area contributed by atoms with Crippen LogP contribution in [0.3, 0.4) is 0 Å². The molecule has 4 aromatic rings. The molecule has 1 aromatic heterocycles. The van der Waals surface area contributed by atoms with E-state index >= 15 is 0 Å². The van der Waals surface area contributed by atoms with E-state index in [0.717, 1.165) is 12.1 Å². The van der Waals surface area contributed by atoms with Gasteiger partial charge in [-0.2, -0.15) is 13.2 Å². The van der Waals surface area contributed by atoms with Crippen LogP contribution in [0.25, 0.3) is 10.9 Å². The molecule has 0 radical (unpaired) electrons. The van der Waals surface area contributed by atoms with E-state index in [4.69, 9.17) is 30.5 Å². The maximum Gasteiger partial charge on any atom is 0.416 e. The molecule has 0 aliphatic rings. The van der Waals surface area contributed by atoms with Crippen LogP contribution in [0.2, 0.25) is 5.02 Å². The largest absolute Gasteiger partial charge is 0.493 e. The van der Waals surface area contributed by atoms with Gasteiger partial charge in [-0.15, -0.1) is 0 Å². The van der Waals surface area contributed by atoms with E-state index in [0.29, 0.717) is 33.7 Å². The average molecular weight is 548 g/mol. The summed E-state index contributed by atoms with van der Waals surface area (Å²) in [6, 6.07) is 12.8. The number of anilines is 1. The number of halogens is 4. The molecule has 8 nitrogen and oxygen atoms in total. The number of amides is 1. The molecule has 0 atom stereocenters. The van der Waals surface area contributed by atoms with E-state index in [1.165, 1.54) is 44.8 Å². The van der Waals surface area contributed by atoms with Crippen molar-refractivity contribution in [2.75, 3.05) is 26.1 Å². The average Bonchev–Trinajstić information content (AvgIpc) is 2.89. The highest BCUT2D eigenvalue weighted by atomic mass is 35.5. The fraction of sp³-hybridized carbons (Fsp3) is 0.192. The lowest BCUT2D eigenvalue weighted by molar-refractivity contribution is -0.137. The Bertz CT molecular complexity index is 1470. The number of hydrogen-bond donors (Lipinski definition) is 1. The monoisotopic (exact) mass is 547 g/mol. The maximum absolute atomic E-state index is 12.8. The standard InChI is InChI=1S/C26H21ClF3N3O5/c1-35-22-12-18-21(13-23(22)36-2)31-14-32-24(18)38-17-6-7-20(19(27)11-17)33-25(34)37-9-8-15-4-3-5-16(10-15)26(28,29)30/h3-7,10-14H,8-9H2,1-2H3,(H,33,34). The van der Waals surface area contributed by atoms with Crippen molar-refractivity contribution in [2.45, 2.75) is 12.6 Å². The quantitative estimate of drug-likeness (QED) is 0.256. The Labute approximate surface area is 220 Å². The molecule has 0 spiro atoms. The Morgan fingerprint density at radius 3 is 2.47 bits per heavy atom. The lowest BCUT2D eigenvalue weighted by Crippen LogP contribution is -2.15. The third-order valence-electron chi connectivity index (χ3n) is 5.37. The van der Waals surface area contributed by atoms with Gasteiger partial charge in [-0.1, -0.05) is 29.8 Å². The second-order valence-electron chi connectivity index (χ2n) is 7.86. The molecule has 0 saturated carbocycles. The third-order valence-corrected chi connectivity index (χ3v) is 5.69. The SMILES string of the molecule is COc1cc2ncnc(Oc3ccc(NC(=O)OCCc4cccc(C(F)(F)F)c4)c(Cl)c3)c2cc1OC. The number of hydrogen-bond acceptors (Lipinski definition) is 7. The van der Waals surface area contributed by atoms with E-state index in [1.54, 1.807) is 18.2 Å². The normalized spacial score (nSPS) is 11.2. The molecule has 0 fully saturated rings. The number of alkyl halides is 3. The predicted octanol–water partition coefficient (Wildman–Crippen LogP) is 6.90. The number of nitrogens with one attached hydrogen (secondary N) is 1. The molecule has 12 heteroatoms. The minimum Gasteiger partial charge on any atom is -0.493 e. The molecule has 0 aliphatic heterocycles. The number of benzene rings is 3. The number of rotatable bonds is 8. The molecule has 1 amide bonds. The molecule has 0 bridgehead atoms. The van der Waals surface area contributed by atoms with Gasteiger partial charge in [-0.3, -0.25) is 5.32 Å². The number of nitrogens with zero attached hydrogens (tertiary/aromatic N) is 2. The summed E-state index contributed by atoms with van der Waals surface area (Å²) in [7, 11) is 3.03. The maximum atomic E-state index is 12.8. The number of aromatic nitrogens is 2. The Morgan fingerprint density at radius 1 is 1.00 bits per heavy atom. The molecule has 38 heavy (non-hydrogen) atoms. The molecule has 198 valence electrons. The van der Waals surface area contributed by atoms with Gasteiger partial charge in [-0.25, -0.2) is 14.8 Å². The van der Waals surface area contributed by atoms with E-state index in [-0.39, 0.29) is 29.6 Å². The lowest BCUT2D eigenvalue weighted by atomic mass is 10.1. The van der Waals surface area contributed by atoms with Gasteiger partial charge in [-0.05, 0) is 29.8 Å². The molecule has 4 rings (SSSR count). The summed E-state index contributed by atoms with van der Waals surface area (Å²) in [5.41, 5.74) is 0.454. The summed E-state index contributed by atoms with van der Waals surface area (Å²) < 4.78 is 60.2. The minimum absolute atomic E-state index is 0.112. The molecule has 0 unspecified atom stereocenters. The molecule has 0 aliphatic carbocycles. The topological polar surface area (TPSA) is 91.8 Å². The third kappa shape index (κ3) is 6.35. The first kappa shape index (κ1) is 26.8. The van der Waals surface area contributed by atoms with Crippen LogP contribution in [0.5, 0.6) is 23.1 Å². The van der Waals surface area contributed by atoms with Crippen molar-refractivity contribution >= 4 is 34.3 Å². The minimum atomic E-state index is -4.44. The number of fused-ring (bicyclic) bond motifs is 1. The zero-order valence-corrected chi connectivity index (χ0v) is 20.9. The lowest BCUT2D eigenvalue weighted by Gasteiger charge is -2.13. The fourth-order valence-corrected chi connectivity index (χ4v) is 3.74. The highest BCUT2D eigenvalue weighted by Crippen LogP contribution is 2.37. The van der Waals surface area contributed by atoms with Gasteiger partial charge in [0.25, 0.3) is 0 Å². The fourth-order valence-electron chi connectivity index (χ4n) is 3.52. The zero-order valence-electron chi connectivity index (χ0n) is 20.1. The highest BCUT2D eigenvalue weighted by Gasteiger charge is 2.30. The summed E-state index contributed by atoms with van der Waals surface area (Å²) in [5, 5.41) is 3.23. The van der Waals surface area contributed by atoms with Gasteiger partial charge >= 0.3 is 12.3 Å². The van der Waals surface area contributed by atoms with Gasteiger partial charge in [0, 0.05) is 18.6 Å². The number of ether oxygens (including phenoxy) is 4. The summed E-state index contributed by atoms with van der Waals surface area (Å²) in [5.74, 6) is 1.57. The number of carbonyl (C=O) groups excluding carboxylic acids is 1. The van der Waals surface area contributed by atoms with Gasteiger partial charge in [0.1, 0.15) is 12.1 Å². The van der Waals surface area contributed by atoms with Gasteiger partial charge in [0.05, 0.1) is 48.0 Å². The van der Waals surface area contributed by atoms with E-state index < -0.39 is 17.8 Å². The van der Waals surface area contributed by atoms with Crippen LogP contribution in [0.15, 0.2) is 60.9 Å². The van der Waals surface area contributed by atoms with Crippen molar-refractivity contribution in [2.24, 2.45) is 0 Å². The van der Waals surface area contributed by atoms with Gasteiger partial charge < -0.3 is 18.9 Å². The molecular formula is C26H21ClF3N3O5. The van der Waals surface area contributed by atoms with Crippen LogP contribution in [0.1, 0.15) is 11.1 Å². The van der Waals surface area contributed by atoms with Crippen LogP contribution in [-0.4, -0.2) is 36.9 Å². The first-order chi connectivity index (χ1) is 18.2. The van der Waals surface area contributed by atoms with Crippen molar-refractivity contribution < 1.29 is 36.9 Å². The van der Waals surface area contributed by atoms with Crippen molar-refractivity contribution in [3.8, 4) is 23.1 Å². The predicted molar refractivity (Wildman–Crippen MR) is 134 cm³/mol. The second-order valence-corrected chi connectivity index (χ2v) is 8.26. The Kier molecular flexibility index (Phi) is 8.06. The summed E-state index contributed by atoms with van der Waals surface area (Å²) in [4.78, 5) is 20.6. The summed E-state index contributed by atoms with van der Waals surface area (Å²) >= 11 is 6.31. The first-order valence-corrected chi connectivity index (χ1v) is 11.5. The number of methoxy groups -OCH3 is 2. The zero-order chi connectivity index (χ0) is 27.3. The molecule has 0 saturated heterocycles. The van der Waals surface area contributed by atoms with Gasteiger partial charge in [0.15, 0.2) is 11.5 Å². The Morgan fingerprint density at radius 2 is 1.76 bits per heavy atom. The van der Waals surface area contributed by atoms with Crippen LogP contribution in [0, 0.1) is 0 Å². The van der Waals surface area contributed by atoms with Crippen molar-refractivity contribution in [1.82, 2.24) is 9.97 Å². The van der Waals surface area contributed by atoms with E-state index in [9.17, 15) is 18.0 Å². The smallest absolute Gasteiger partial charge is 0.416 e. The molecule has 1 N–H and O–H groups in total.